The van der Waals surface area contributed by atoms with E-state index >= 15 is 0 Å². The minimum absolute atomic E-state index is 0.265. The standard InChI is InChI=1S/C15H28N2O/c18-15(14-8-11-16-12-9-14)17-10-4-3-7-13-5-1-2-6-13/h13-14,16H,1-12H2,(H,17,18). The molecule has 0 atom stereocenters. The highest BCUT2D eigenvalue weighted by molar-refractivity contribution is 5.78. The fourth-order valence-electron chi connectivity index (χ4n) is 3.30. The van der Waals surface area contributed by atoms with Crippen LogP contribution in [-0.2, 0) is 4.79 Å². The molecule has 1 aliphatic heterocycles. The van der Waals surface area contributed by atoms with Crippen molar-refractivity contribution >= 4 is 5.91 Å². The number of hydrogen-bond acceptors (Lipinski definition) is 2. The lowest BCUT2D eigenvalue weighted by atomic mass is 9.97. The van der Waals surface area contributed by atoms with E-state index in [0.717, 1.165) is 44.8 Å². The van der Waals surface area contributed by atoms with Crippen molar-refractivity contribution in [1.29, 1.82) is 0 Å². The van der Waals surface area contributed by atoms with E-state index in [1.165, 1.54) is 38.5 Å². The van der Waals surface area contributed by atoms with Crippen LogP contribution in [0.1, 0.15) is 57.8 Å². The van der Waals surface area contributed by atoms with Crippen molar-refractivity contribution in [3.63, 3.8) is 0 Å². The minimum atomic E-state index is 0.265. The van der Waals surface area contributed by atoms with Crippen LogP contribution in [0.2, 0.25) is 0 Å². The summed E-state index contributed by atoms with van der Waals surface area (Å²) in [4.78, 5) is 11.9. The van der Waals surface area contributed by atoms with E-state index in [2.05, 4.69) is 10.6 Å². The molecule has 1 saturated heterocycles. The highest BCUT2D eigenvalue weighted by Crippen LogP contribution is 2.28. The molecule has 1 amide bonds. The van der Waals surface area contributed by atoms with Crippen LogP contribution in [0.4, 0.5) is 0 Å². The van der Waals surface area contributed by atoms with Crippen LogP contribution in [0.25, 0.3) is 0 Å². The van der Waals surface area contributed by atoms with E-state index in [9.17, 15) is 4.79 Å². The Morgan fingerprint density at radius 2 is 1.78 bits per heavy atom. The number of rotatable bonds is 6. The first kappa shape index (κ1) is 13.9. The fraction of sp³-hybridized carbons (Fsp3) is 0.933. The summed E-state index contributed by atoms with van der Waals surface area (Å²) in [5.41, 5.74) is 0. The zero-order valence-corrected chi connectivity index (χ0v) is 11.5. The monoisotopic (exact) mass is 252 g/mol. The summed E-state index contributed by atoms with van der Waals surface area (Å²) in [7, 11) is 0. The van der Waals surface area contributed by atoms with Gasteiger partial charge in [0, 0.05) is 12.5 Å². The van der Waals surface area contributed by atoms with Crippen LogP contribution in [0, 0.1) is 11.8 Å². The van der Waals surface area contributed by atoms with Gasteiger partial charge in [0.25, 0.3) is 0 Å². The Hall–Kier alpha value is -0.570. The topological polar surface area (TPSA) is 41.1 Å². The molecule has 2 fully saturated rings. The van der Waals surface area contributed by atoms with Crippen molar-refractivity contribution in [3.05, 3.63) is 0 Å². The third-order valence-electron chi connectivity index (χ3n) is 4.52. The molecule has 0 bridgehead atoms. The zero-order chi connectivity index (χ0) is 12.6. The number of carbonyl (C=O) groups is 1. The molecule has 18 heavy (non-hydrogen) atoms. The van der Waals surface area contributed by atoms with Gasteiger partial charge in [0.15, 0.2) is 0 Å². The molecule has 0 aromatic carbocycles. The van der Waals surface area contributed by atoms with E-state index in [-0.39, 0.29) is 11.8 Å². The normalized spacial score (nSPS) is 22.2. The molecule has 0 unspecified atom stereocenters. The molecular weight excluding hydrogens is 224 g/mol. The summed E-state index contributed by atoms with van der Waals surface area (Å²) in [6.07, 6.45) is 11.6. The quantitative estimate of drug-likeness (QED) is 0.713. The SMILES string of the molecule is O=C(NCCCCC1CCCC1)C1CCNCC1. The summed E-state index contributed by atoms with van der Waals surface area (Å²) in [6, 6.07) is 0. The van der Waals surface area contributed by atoms with Crippen molar-refractivity contribution in [3.8, 4) is 0 Å². The lowest BCUT2D eigenvalue weighted by molar-refractivity contribution is -0.125. The molecule has 3 nitrogen and oxygen atoms in total. The molecular formula is C15H28N2O. The van der Waals surface area contributed by atoms with Crippen LogP contribution in [0.5, 0.6) is 0 Å². The van der Waals surface area contributed by atoms with E-state index in [0.29, 0.717) is 0 Å². The van der Waals surface area contributed by atoms with E-state index in [4.69, 9.17) is 0 Å². The lowest BCUT2D eigenvalue weighted by Crippen LogP contribution is -2.38. The summed E-state index contributed by atoms with van der Waals surface area (Å²) in [6.45, 7) is 2.88. The molecule has 2 N–H and O–H groups in total. The molecule has 1 saturated carbocycles. The van der Waals surface area contributed by atoms with Crippen molar-refractivity contribution in [1.82, 2.24) is 10.6 Å². The van der Waals surface area contributed by atoms with Gasteiger partial charge in [-0.1, -0.05) is 38.5 Å². The number of unbranched alkanes of at least 4 members (excludes halogenated alkanes) is 1. The van der Waals surface area contributed by atoms with Gasteiger partial charge in [0.2, 0.25) is 5.91 Å². The maximum Gasteiger partial charge on any atom is 0.223 e. The Morgan fingerprint density at radius 1 is 1.06 bits per heavy atom. The maximum atomic E-state index is 11.9. The summed E-state index contributed by atoms with van der Waals surface area (Å²) >= 11 is 0. The number of nitrogens with one attached hydrogen (secondary N) is 2. The molecule has 1 aliphatic carbocycles. The second kappa shape index (κ2) is 7.78. The van der Waals surface area contributed by atoms with Gasteiger partial charge in [-0.2, -0.15) is 0 Å². The number of piperidine rings is 1. The smallest absolute Gasteiger partial charge is 0.223 e. The first-order valence-corrected chi connectivity index (χ1v) is 7.84. The fourth-order valence-corrected chi connectivity index (χ4v) is 3.30. The highest BCUT2D eigenvalue weighted by Gasteiger charge is 2.20. The van der Waals surface area contributed by atoms with Gasteiger partial charge in [-0.25, -0.2) is 0 Å². The first-order valence-electron chi connectivity index (χ1n) is 7.84. The van der Waals surface area contributed by atoms with Gasteiger partial charge >= 0.3 is 0 Å². The predicted octanol–water partition coefficient (Wildman–Crippen LogP) is 2.46. The van der Waals surface area contributed by atoms with Gasteiger partial charge in [0.1, 0.15) is 0 Å². The average Bonchev–Trinajstić information content (AvgIpc) is 2.92. The molecule has 2 aliphatic rings. The Balaban J connectivity index is 1.48. The Labute approximate surface area is 111 Å². The second-order valence-electron chi connectivity index (χ2n) is 5.96. The van der Waals surface area contributed by atoms with E-state index in [1.54, 1.807) is 0 Å². The van der Waals surface area contributed by atoms with Crippen molar-refractivity contribution < 1.29 is 4.79 Å². The van der Waals surface area contributed by atoms with Gasteiger partial charge in [-0.3, -0.25) is 4.79 Å². The molecule has 0 radical (unpaired) electrons. The zero-order valence-electron chi connectivity index (χ0n) is 11.5. The van der Waals surface area contributed by atoms with Gasteiger partial charge in [-0.15, -0.1) is 0 Å². The van der Waals surface area contributed by atoms with Crippen molar-refractivity contribution in [2.75, 3.05) is 19.6 Å². The van der Waals surface area contributed by atoms with E-state index in [1.807, 2.05) is 0 Å². The number of amides is 1. The van der Waals surface area contributed by atoms with Gasteiger partial charge in [0.05, 0.1) is 0 Å². The lowest BCUT2D eigenvalue weighted by Gasteiger charge is -2.21. The third-order valence-corrected chi connectivity index (χ3v) is 4.52. The van der Waals surface area contributed by atoms with Crippen LogP contribution >= 0.6 is 0 Å². The van der Waals surface area contributed by atoms with Crippen molar-refractivity contribution in [2.24, 2.45) is 11.8 Å². The molecule has 0 aromatic rings. The van der Waals surface area contributed by atoms with Gasteiger partial charge < -0.3 is 10.6 Å². The molecule has 0 aromatic heterocycles. The molecule has 1 heterocycles. The minimum Gasteiger partial charge on any atom is -0.356 e. The number of carbonyl (C=O) groups excluding carboxylic acids is 1. The Bertz CT molecular complexity index is 243. The third kappa shape index (κ3) is 4.60. The van der Waals surface area contributed by atoms with Crippen molar-refractivity contribution in [2.45, 2.75) is 57.8 Å². The van der Waals surface area contributed by atoms with Crippen LogP contribution in [0.3, 0.4) is 0 Å². The van der Waals surface area contributed by atoms with E-state index < -0.39 is 0 Å². The van der Waals surface area contributed by atoms with Gasteiger partial charge in [-0.05, 0) is 38.3 Å². The summed E-state index contributed by atoms with van der Waals surface area (Å²) < 4.78 is 0. The predicted molar refractivity (Wildman–Crippen MR) is 74.4 cm³/mol. The van der Waals surface area contributed by atoms with Crippen LogP contribution < -0.4 is 10.6 Å². The number of hydrogen-bond donors (Lipinski definition) is 2. The average molecular weight is 252 g/mol. The maximum absolute atomic E-state index is 11.9. The summed E-state index contributed by atoms with van der Waals surface area (Å²) in [5, 5.41) is 6.41. The molecule has 0 spiro atoms. The summed E-state index contributed by atoms with van der Waals surface area (Å²) in [5.74, 6) is 1.54. The highest BCUT2D eigenvalue weighted by atomic mass is 16.1. The first-order chi connectivity index (χ1) is 8.86. The Morgan fingerprint density at radius 3 is 2.50 bits per heavy atom. The van der Waals surface area contributed by atoms with Crippen LogP contribution in [-0.4, -0.2) is 25.5 Å². The largest absolute Gasteiger partial charge is 0.356 e. The molecule has 104 valence electrons. The second-order valence-corrected chi connectivity index (χ2v) is 5.96. The molecule has 3 heteroatoms. The van der Waals surface area contributed by atoms with Crippen LogP contribution in [0.15, 0.2) is 0 Å². The molecule has 2 rings (SSSR count). The Kier molecular flexibility index (Phi) is 5.98.